The number of carbonyl (C=O) groups excluding carboxylic acids is 1. The first-order valence-electron chi connectivity index (χ1n) is 14.7. The third-order valence-corrected chi connectivity index (χ3v) is 5.93. The number of tetrazole rings is 4. The minimum atomic E-state index is -4.92. The lowest BCUT2D eigenvalue weighted by Gasteiger charge is -2.14. The Labute approximate surface area is 313 Å². The maximum atomic E-state index is 12.7. The first-order chi connectivity index (χ1) is 26.7. The van der Waals surface area contributed by atoms with Gasteiger partial charge in [0, 0.05) is 12.1 Å². The quantitative estimate of drug-likeness (QED) is 0.0842. The molecule has 58 heavy (non-hydrogen) atoms. The Balaban J connectivity index is 0.000000277. The van der Waals surface area contributed by atoms with Gasteiger partial charge in [-0.05, 0) is 57.6 Å². The molecular weight excluding hydrogens is 824 g/mol. The summed E-state index contributed by atoms with van der Waals surface area (Å²) in [5.41, 5.74) is 8.64. The molecule has 0 fully saturated rings. The van der Waals surface area contributed by atoms with E-state index in [0.717, 1.165) is 4.80 Å². The molecule has 9 N–H and O–H groups in total. The zero-order valence-electron chi connectivity index (χ0n) is 29.2. The third-order valence-electron chi connectivity index (χ3n) is 5.93. The first kappa shape index (κ1) is 46.9. The van der Waals surface area contributed by atoms with Gasteiger partial charge >= 0.3 is 30.7 Å². The minimum Gasteiger partial charge on any atom is -0.365 e. The Morgan fingerprint density at radius 2 is 1.16 bits per heavy atom. The molecule has 33 heteroatoms. The van der Waals surface area contributed by atoms with E-state index in [4.69, 9.17) is 17.2 Å². The Bertz CT molecular complexity index is 2060. The molecule has 0 amide bonds. The number of nitrogens with zero attached hydrogens (tertiary/aromatic N) is 14. The Morgan fingerprint density at radius 1 is 0.672 bits per heavy atom. The summed E-state index contributed by atoms with van der Waals surface area (Å²) in [6, 6.07) is 2.04. The van der Waals surface area contributed by atoms with E-state index in [0.29, 0.717) is 30.2 Å². The van der Waals surface area contributed by atoms with Crippen LogP contribution in [0.3, 0.4) is 0 Å². The molecule has 0 unspecified atom stereocenters. The molecule has 0 bridgehead atoms. The summed E-state index contributed by atoms with van der Waals surface area (Å²) in [6.45, 7) is -0.307. The van der Waals surface area contributed by atoms with E-state index in [2.05, 4.69) is 72.3 Å². The fourth-order valence-corrected chi connectivity index (χ4v) is 3.43. The van der Waals surface area contributed by atoms with E-state index in [-0.39, 0.29) is 48.4 Å². The van der Waals surface area contributed by atoms with E-state index in [1.807, 2.05) is 0 Å². The van der Waals surface area contributed by atoms with Crippen molar-refractivity contribution in [2.45, 2.75) is 31.2 Å². The molecule has 316 valence electrons. The number of nitrogens with one attached hydrogen (secondary N) is 3. The van der Waals surface area contributed by atoms with Crippen LogP contribution >= 0.6 is 0 Å². The van der Waals surface area contributed by atoms with Crippen LogP contribution in [0.2, 0.25) is 0 Å². The van der Waals surface area contributed by atoms with Crippen molar-refractivity contribution in [2.75, 3.05) is 22.5 Å². The number of carbonyl (C=O) groups is 1. The predicted octanol–water partition coefficient (Wildman–Crippen LogP) is 2.18. The monoisotopic (exact) mass is 851 g/mol. The van der Waals surface area contributed by atoms with Crippen molar-refractivity contribution >= 4 is 30.1 Å². The van der Waals surface area contributed by atoms with E-state index >= 15 is 0 Å². The zero-order valence-corrected chi connectivity index (χ0v) is 29.2. The summed E-state index contributed by atoms with van der Waals surface area (Å²) in [5, 5.41) is 45.0. The summed E-state index contributed by atoms with van der Waals surface area (Å²) in [4.78, 5) is 12.6. The van der Waals surface area contributed by atoms with Crippen LogP contribution in [-0.2, 0) is 52.4 Å². The number of halogens is 12. The summed E-state index contributed by atoms with van der Waals surface area (Å²) in [5.74, 6) is 0.769. The van der Waals surface area contributed by atoms with Gasteiger partial charge < -0.3 is 22.5 Å². The van der Waals surface area contributed by atoms with Crippen LogP contribution in [-0.4, -0.2) is 82.9 Å². The van der Waals surface area contributed by atoms with Crippen molar-refractivity contribution in [3.05, 3.63) is 69.8 Å². The number of hydrogen-bond acceptors (Lipinski definition) is 16. The normalized spacial score (nSPS) is 11.4. The second kappa shape index (κ2) is 19.6. The fraction of sp³-hybridized carbons (Fsp3) is 0.320. The van der Waals surface area contributed by atoms with Crippen LogP contribution in [0.4, 0.5) is 76.5 Å². The van der Waals surface area contributed by atoms with Crippen molar-refractivity contribution in [1.29, 1.82) is 0 Å². The van der Waals surface area contributed by atoms with Gasteiger partial charge in [-0.3, -0.25) is 4.79 Å². The number of rotatable bonds is 4. The predicted molar refractivity (Wildman–Crippen MR) is 168 cm³/mol. The van der Waals surface area contributed by atoms with Crippen molar-refractivity contribution in [1.82, 2.24) is 76.6 Å². The van der Waals surface area contributed by atoms with Crippen LogP contribution in [0, 0.1) is 0 Å². The molecular formula is C25H27F12N20O+. The highest BCUT2D eigenvalue weighted by Gasteiger charge is 2.38. The molecule has 0 atom stereocenters. The molecule has 0 radical (unpaired) electrons. The number of aldehydes is 1. The van der Waals surface area contributed by atoms with Gasteiger partial charge in [0.2, 0.25) is 0 Å². The van der Waals surface area contributed by atoms with Gasteiger partial charge in [0.15, 0.2) is 0 Å². The molecule has 0 aliphatic carbocycles. The number of nitrogens with two attached hydrogens (primary N) is 3. The van der Waals surface area contributed by atoms with Crippen molar-refractivity contribution in [3.8, 4) is 0 Å². The van der Waals surface area contributed by atoms with Gasteiger partial charge in [-0.15, -0.1) is 20.5 Å². The highest BCUT2D eigenvalue weighted by atomic mass is 19.4. The number of aromatic nitrogens is 16. The highest BCUT2D eigenvalue weighted by molar-refractivity contribution is 5.75. The zero-order chi connectivity index (χ0) is 44.1. The summed E-state index contributed by atoms with van der Waals surface area (Å²) >= 11 is 0. The van der Waals surface area contributed by atoms with Gasteiger partial charge in [0.05, 0.1) is 48.5 Å². The van der Waals surface area contributed by atoms with Crippen LogP contribution in [0.15, 0.2) is 36.4 Å². The fourth-order valence-electron chi connectivity index (χ4n) is 3.43. The summed E-state index contributed by atoms with van der Waals surface area (Å²) in [7, 11) is 4.85. The molecule has 4 aromatic heterocycles. The second-order valence-electron chi connectivity index (χ2n) is 10.5. The molecule has 0 aliphatic heterocycles. The van der Waals surface area contributed by atoms with Crippen LogP contribution < -0.4 is 27.2 Å². The molecule has 0 saturated carbocycles. The number of anilines is 4. The third kappa shape index (κ3) is 16.2. The molecule has 21 nitrogen and oxygen atoms in total. The SMILES string of the molecule is C[n+]1[nH]nnc1N.Cn1nnc(N)n1.Cn1nnc(NCc2cc(C(F)(F)F)cc(C(F)(F)F)c2)n1.Nc1nn[nH]n1.O=Cc1cc(C(F)(F)F)cc(C(F)(F)F)c1. The van der Waals surface area contributed by atoms with E-state index in [1.165, 1.54) is 16.5 Å². The number of hydrogen-bond donors (Lipinski definition) is 6. The number of benzene rings is 2. The number of alkyl halides is 12. The molecule has 4 heterocycles. The van der Waals surface area contributed by atoms with Crippen molar-refractivity contribution in [3.63, 3.8) is 0 Å². The summed E-state index contributed by atoms with van der Waals surface area (Å²) < 4.78 is 151. The summed E-state index contributed by atoms with van der Waals surface area (Å²) in [6.07, 6.45) is -19.6. The van der Waals surface area contributed by atoms with Crippen molar-refractivity contribution < 1.29 is 62.2 Å². The van der Waals surface area contributed by atoms with Crippen LogP contribution in [0.25, 0.3) is 0 Å². The van der Waals surface area contributed by atoms with Gasteiger partial charge in [0.25, 0.3) is 17.8 Å². The Kier molecular flexibility index (Phi) is 15.8. The van der Waals surface area contributed by atoms with E-state index in [1.54, 1.807) is 14.1 Å². The number of nitrogen functional groups attached to an aromatic ring is 3. The maximum Gasteiger partial charge on any atom is 0.416 e. The topological polar surface area (TPSA) is 294 Å². The maximum absolute atomic E-state index is 12.7. The molecule has 6 aromatic rings. The average molecular weight is 852 g/mol. The molecule has 0 saturated heterocycles. The molecule has 6 rings (SSSR count). The number of aromatic amines is 2. The minimum absolute atomic E-state index is 0.00605. The van der Waals surface area contributed by atoms with Crippen molar-refractivity contribution in [2.24, 2.45) is 21.1 Å². The molecule has 0 spiro atoms. The van der Waals surface area contributed by atoms with Crippen LogP contribution in [0.5, 0.6) is 0 Å². The van der Waals surface area contributed by atoms with Gasteiger partial charge in [-0.25, -0.2) is 0 Å². The Hall–Kier alpha value is -7.25. The number of aryl methyl sites for hydroxylation is 3. The second-order valence-corrected chi connectivity index (χ2v) is 10.5. The largest absolute Gasteiger partial charge is 0.416 e. The van der Waals surface area contributed by atoms with E-state index in [9.17, 15) is 57.5 Å². The van der Waals surface area contributed by atoms with Gasteiger partial charge in [-0.2, -0.15) is 72.2 Å². The lowest BCUT2D eigenvalue weighted by molar-refractivity contribution is -0.717. The van der Waals surface area contributed by atoms with Gasteiger partial charge in [0.1, 0.15) is 11.5 Å². The molecule has 0 aliphatic rings. The smallest absolute Gasteiger partial charge is 0.365 e. The lowest BCUT2D eigenvalue weighted by Crippen LogP contribution is -2.33. The lowest BCUT2D eigenvalue weighted by atomic mass is 10.0. The van der Waals surface area contributed by atoms with Crippen LogP contribution in [0.1, 0.15) is 38.2 Å². The van der Waals surface area contributed by atoms with Gasteiger partial charge in [-0.1, -0.05) is 15.3 Å². The first-order valence-corrected chi connectivity index (χ1v) is 14.7. The van der Waals surface area contributed by atoms with E-state index < -0.39 is 52.5 Å². The highest BCUT2D eigenvalue weighted by Crippen LogP contribution is 2.37. The number of H-pyrrole nitrogens is 2. The average Bonchev–Trinajstić information content (AvgIpc) is 3.94. The Morgan fingerprint density at radius 3 is 1.41 bits per heavy atom. The molecule has 2 aromatic carbocycles. The standard InChI is InChI=1S/C11H9F6N5.C9H4F6O.2C2H5N5.CH3N5/c1-22-20-9(19-21-22)18-5-6-2-7(10(12,13)14)4-8(3-6)11(15,16)17;10-8(11,12)6-1-5(4-16)2-7(3-6)9(13,14)15;1-7-2(3)4-5-6-7;1-7-5-2(3)4-6-7;2-1-3-5-6-4-1/h2-4H,5H2,1H3,(H,18,20);1-4H;1H3,(H2,3,4,6);1H3,(H2,3,5);(H3,2,3,4,5,6)/p+1.